The Morgan fingerprint density at radius 1 is 1.50 bits per heavy atom. The van der Waals surface area contributed by atoms with Crippen molar-refractivity contribution in [3.05, 3.63) is 18.7 Å². The number of imidazole rings is 1. The van der Waals surface area contributed by atoms with Crippen molar-refractivity contribution in [2.45, 2.75) is 25.4 Å². The Labute approximate surface area is 106 Å². The monoisotopic (exact) mass is 253 g/mol. The number of ether oxygens (including phenoxy) is 1. The molecule has 1 N–H and O–H groups in total. The summed E-state index contributed by atoms with van der Waals surface area (Å²) in [7, 11) is 0. The highest BCUT2D eigenvalue weighted by molar-refractivity contribution is 5.67. The van der Waals surface area contributed by atoms with E-state index < -0.39 is 5.97 Å². The van der Waals surface area contributed by atoms with E-state index in [1.54, 1.807) is 12.5 Å². The highest BCUT2D eigenvalue weighted by Crippen LogP contribution is 2.11. The fourth-order valence-electron chi connectivity index (χ4n) is 2.25. The molecule has 2 heterocycles. The van der Waals surface area contributed by atoms with E-state index in [2.05, 4.69) is 9.88 Å². The molecule has 1 aromatic heterocycles. The second-order valence-corrected chi connectivity index (χ2v) is 4.52. The van der Waals surface area contributed by atoms with E-state index in [9.17, 15) is 4.79 Å². The van der Waals surface area contributed by atoms with Crippen LogP contribution in [0.1, 0.15) is 12.8 Å². The molecule has 6 nitrogen and oxygen atoms in total. The number of hydrogen-bond donors (Lipinski definition) is 1. The lowest BCUT2D eigenvalue weighted by atomic mass is 10.1. The molecule has 0 spiro atoms. The van der Waals surface area contributed by atoms with Crippen molar-refractivity contribution in [2.75, 3.05) is 26.3 Å². The summed E-state index contributed by atoms with van der Waals surface area (Å²) in [5, 5.41) is 8.86. The Morgan fingerprint density at radius 3 is 3.11 bits per heavy atom. The molecule has 2 rings (SSSR count). The molecule has 6 heteroatoms. The third-order valence-corrected chi connectivity index (χ3v) is 3.18. The van der Waals surface area contributed by atoms with Crippen molar-refractivity contribution in [3.8, 4) is 0 Å². The van der Waals surface area contributed by atoms with Crippen LogP contribution in [0.15, 0.2) is 18.7 Å². The van der Waals surface area contributed by atoms with Gasteiger partial charge in [-0.05, 0) is 6.42 Å². The second-order valence-electron chi connectivity index (χ2n) is 4.52. The number of rotatable bonds is 6. The lowest BCUT2D eigenvalue weighted by Gasteiger charge is -2.34. The van der Waals surface area contributed by atoms with Crippen molar-refractivity contribution in [2.24, 2.45) is 0 Å². The summed E-state index contributed by atoms with van der Waals surface area (Å²) < 4.78 is 7.38. The molecule has 0 bridgehead atoms. The maximum Gasteiger partial charge on any atom is 0.305 e. The molecule has 0 amide bonds. The van der Waals surface area contributed by atoms with Crippen LogP contribution in [0.4, 0.5) is 0 Å². The van der Waals surface area contributed by atoms with Crippen molar-refractivity contribution >= 4 is 5.97 Å². The number of carboxylic acids is 1. The van der Waals surface area contributed by atoms with Gasteiger partial charge in [-0.15, -0.1) is 0 Å². The maximum absolute atomic E-state index is 10.8. The van der Waals surface area contributed by atoms with E-state index in [1.807, 2.05) is 10.8 Å². The van der Waals surface area contributed by atoms with E-state index in [0.29, 0.717) is 13.2 Å². The average molecular weight is 253 g/mol. The van der Waals surface area contributed by atoms with Crippen LogP contribution in [-0.4, -0.2) is 57.9 Å². The van der Waals surface area contributed by atoms with Gasteiger partial charge in [-0.1, -0.05) is 0 Å². The molecule has 0 saturated carbocycles. The minimum atomic E-state index is -0.759. The number of carbonyl (C=O) groups is 1. The maximum atomic E-state index is 10.8. The van der Waals surface area contributed by atoms with Crippen LogP contribution >= 0.6 is 0 Å². The lowest BCUT2D eigenvalue weighted by molar-refractivity contribution is -0.140. The summed E-state index contributed by atoms with van der Waals surface area (Å²) >= 11 is 0. The number of carboxylic acid groups (broad SMARTS) is 1. The summed E-state index contributed by atoms with van der Waals surface area (Å²) in [6.45, 7) is 3.86. The summed E-state index contributed by atoms with van der Waals surface area (Å²) in [5.74, 6) is -0.759. The molecular weight excluding hydrogens is 234 g/mol. The van der Waals surface area contributed by atoms with Crippen LogP contribution in [0.25, 0.3) is 0 Å². The van der Waals surface area contributed by atoms with E-state index in [-0.39, 0.29) is 12.5 Å². The Bertz CT molecular complexity index is 367. The average Bonchev–Trinajstić information content (AvgIpc) is 2.84. The first-order chi connectivity index (χ1) is 8.75. The third kappa shape index (κ3) is 3.82. The van der Waals surface area contributed by atoms with E-state index in [4.69, 9.17) is 9.84 Å². The van der Waals surface area contributed by atoms with Crippen LogP contribution in [0, 0.1) is 0 Å². The van der Waals surface area contributed by atoms with Crippen LogP contribution in [0.2, 0.25) is 0 Å². The summed E-state index contributed by atoms with van der Waals surface area (Å²) in [6, 6.07) is 0.0130. The molecule has 1 fully saturated rings. The van der Waals surface area contributed by atoms with Crippen molar-refractivity contribution in [1.29, 1.82) is 0 Å². The quantitative estimate of drug-likeness (QED) is 0.797. The molecule has 1 aliphatic rings. The fraction of sp³-hybridized carbons (Fsp3) is 0.667. The van der Waals surface area contributed by atoms with Crippen molar-refractivity contribution in [1.82, 2.24) is 14.5 Å². The zero-order chi connectivity index (χ0) is 12.8. The molecule has 18 heavy (non-hydrogen) atoms. The SMILES string of the molecule is O=C(O)CC1COCCN1CCCn1ccnc1. The molecule has 0 aliphatic carbocycles. The molecule has 100 valence electrons. The van der Waals surface area contributed by atoms with Crippen LogP contribution in [-0.2, 0) is 16.1 Å². The summed E-state index contributed by atoms with van der Waals surface area (Å²) in [5.41, 5.74) is 0. The van der Waals surface area contributed by atoms with Gasteiger partial charge in [0.25, 0.3) is 0 Å². The topological polar surface area (TPSA) is 67.6 Å². The van der Waals surface area contributed by atoms with Gasteiger partial charge >= 0.3 is 5.97 Å². The number of nitrogens with zero attached hydrogens (tertiary/aromatic N) is 3. The molecule has 1 unspecified atom stereocenters. The lowest BCUT2D eigenvalue weighted by Crippen LogP contribution is -2.46. The largest absolute Gasteiger partial charge is 0.481 e. The Morgan fingerprint density at radius 2 is 2.39 bits per heavy atom. The van der Waals surface area contributed by atoms with Crippen LogP contribution in [0.3, 0.4) is 0 Å². The van der Waals surface area contributed by atoms with Gasteiger partial charge in [-0.3, -0.25) is 9.69 Å². The van der Waals surface area contributed by atoms with E-state index >= 15 is 0 Å². The van der Waals surface area contributed by atoms with Gasteiger partial charge in [-0.25, -0.2) is 4.98 Å². The Balaban J connectivity index is 1.76. The fourth-order valence-corrected chi connectivity index (χ4v) is 2.25. The van der Waals surface area contributed by atoms with Gasteiger partial charge in [0.05, 0.1) is 26.0 Å². The predicted octanol–water partition coefficient (Wildman–Crippen LogP) is 0.449. The number of morpholine rings is 1. The van der Waals surface area contributed by atoms with Crippen LogP contribution < -0.4 is 0 Å². The van der Waals surface area contributed by atoms with Gasteiger partial charge in [0, 0.05) is 38.1 Å². The number of aryl methyl sites for hydroxylation is 1. The first-order valence-corrected chi connectivity index (χ1v) is 6.25. The standard InChI is InChI=1S/C12H19N3O3/c16-12(17)8-11-9-18-7-6-15(11)4-1-3-14-5-2-13-10-14/h2,5,10-11H,1,3-4,6-9H2,(H,16,17). The molecule has 1 aliphatic heterocycles. The third-order valence-electron chi connectivity index (χ3n) is 3.18. The molecule has 0 radical (unpaired) electrons. The smallest absolute Gasteiger partial charge is 0.305 e. The highest BCUT2D eigenvalue weighted by atomic mass is 16.5. The van der Waals surface area contributed by atoms with Gasteiger partial charge in [0.1, 0.15) is 0 Å². The molecule has 1 saturated heterocycles. The zero-order valence-corrected chi connectivity index (χ0v) is 10.4. The van der Waals surface area contributed by atoms with Crippen molar-refractivity contribution in [3.63, 3.8) is 0 Å². The second kappa shape index (κ2) is 6.51. The van der Waals surface area contributed by atoms with E-state index in [0.717, 1.165) is 26.1 Å². The molecule has 1 aromatic rings. The zero-order valence-electron chi connectivity index (χ0n) is 10.4. The number of aliphatic carboxylic acids is 1. The summed E-state index contributed by atoms with van der Waals surface area (Å²) in [4.78, 5) is 17.0. The Kier molecular flexibility index (Phi) is 4.72. The number of aromatic nitrogens is 2. The van der Waals surface area contributed by atoms with Crippen molar-refractivity contribution < 1.29 is 14.6 Å². The first kappa shape index (κ1) is 13.0. The molecule has 0 aromatic carbocycles. The molecule has 1 atom stereocenters. The van der Waals surface area contributed by atoms with Gasteiger partial charge in [0.15, 0.2) is 0 Å². The first-order valence-electron chi connectivity index (χ1n) is 6.25. The van der Waals surface area contributed by atoms with Gasteiger partial charge < -0.3 is 14.4 Å². The highest BCUT2D eigenvalue weighted by Gasteiger charge is 2.24. The Hall–Kier alpha value is -1.40. The normalized spacial score (nSPS) is 21.0. The molecular formula is C12H19N3O3. The van der Waals surface area contributed by atoms with Gasteiger partial charge in [-0.2, -0.15) is 0 Å². The van der Waals surface area contributed by atoms with Gasteiger partial charge in [0.2, 0.25) is 0 Å². The predicted molar refractivity (Wildman–Crippen MR) is 65.3 cm³/mol. The minimum absolute atomic E-state index is 0.0130. The number of hydrogen-bond acceptors (Lipinski definition) is 4. The summed E-state index contributed by atoms with van der Waals surface area (Å²) in [6.07, 6.45) is 6.65. The van der Waals surface area contributed by atoms with E-state index in [1.165, 1.54) is 0 Å². The minimum Gasteiger partial charge on any atom is -0.481 e. The van der Waals surface area contributed by atoms with Crippen LogP contribution in [0.5, 0.6) is 0 Å².